The summed E-state index contributed by atoms with van der Waals surface area (Å²) in [6.45, 7) is 4.35. The van der Waals surface area contributed by atoms with Gasteiger partial charge in [-0.2, -0.15) is 10.1 Å². The van der Waals surface area contributed by atoms with Gasteiger partial charge in [0.15, 0.2) is 0 Å². The Morgan fingerprint density at radius 3 is 2.42 bits per heavy atom. The highest BCUT2D eigenvalue weighted by Crippen LogP contribution is 2.24. The molecular weight excluding hydrogens is 470 g/mol. The molecular formula is C27H27N7OS. The Morgan fingerprint density at radius 2 is 1.69 bits per heavy atom. The Bertz CT molecular complexity index is 1510. The van der Waals surface area contributed by atoms with Crippen molar-refractivity contribution in [1.82, 2.24) is 34.7 Å². The largest absolute Gasteiger partial charge is 0.352 e. The summed E-state index contributed by atoms with van der Waals surface area (Å²) in [7, 11) is 0. The van der Waals surface area contributed by atoms with Gasteiger partial charge in [-0.3, -0.25) is 4.79 Å². The van der Waals surface area contributed by atoms with E-state index in [-0.39, 0.29) is 5.91 Å². The lowest BCUT2D eigenvalue weighted by molar-refractivity contribution is -0.121. The number of hydrogen-bond donors (Lipinski definition) is 1. The minimum absolute atomic E-state index is 0.0243. The SMILES string of the molecule is CSc1nc2nc(C)c(CCC(=O)NCc3cn(-c4ccccc4)nc3-c3ccccc3)c(C)n2n1. The molecule has 3 heterocycles. The molecule has 2 aromatic carbocycles. The number of hydrogen-bond acceptors (Lipinski definition) is 6. The Hall–Kier alpha value is -3.98. The van der Waals surface area contributed by atoms with E-state index in [0.717, 1.165) is 39.5 Å². The molecule has 0 saturated carbocycles. The predicted octanol–water partition coefficient (Wildman–Crippen LogP) is 4.56. The van der Waals surface area contributed by atoms with Gasteiger partial charge in [0.05, 0.1) is 11.4 Å². The first-order chi connectivity index (χ1) is 17.5. The second-order valence-corrected chi connectivity index (χ2v) is 9.27. The van der Waals surface area contributed by atoms with Crippen LogP contribution in [0.1, 0.15) is 28.9 Å². The molecule has 0 fully saturated rings. The maximum atomic E-state index is 12.9. The Morgan fingerprint density at radius 1 is 0.972 bits per heavy atom. The van der Waals surface area contributed by atoms with Crippen molar-refractivity contribution in [3.8, 4) is 16.9 Å². The Kier molecular flexibility index (Phi) is 6.81. The van der Waals surface area contributed by atoms with E-state index < -0.39 is 0 Å². The molecule has 0 spiro atoms. The smallest absolute Gasteiger partial charge is 0.253 e. The summed E-state index contributed by atoms with van der Waals surface area (Å²) in [6, 6.07) is 20.0. The topological polar surface area (TPSA) is 90.0 Å². The van der Waals surface area contributed by atoms with E-state index in [1.54, 1.807) is 4.52 Å². The lowest BCUT2D eigenvalue weighted by Gasteiger charge is -2.10. The van der Waals surface area contributed by atoms with Crippen LogP contribution in [0.15, 0.2) is 72.0 Å². The van der Waals surface area contributed by atoms with E-state index in [9.17, 15) is 4.79 Å². The monoisotopic (exact) mass is 497 g/mol. The number of nitrogens with one attached hydrogen (secondary N) is 1. The highest BCUT2D eigenvalue weighted by Gasteiger charge is 2.16. The molecule has 9 heteroatoms. The number of nitrogens with zero attached hydrogens (tertiary/aromatic N) is 6. The fourth-order valence-corrected chi connectivity index (χ4v) is 4.59. The van der Waals surface area contributed by atoms with Crippen LogP contribution in [-0.2, 0) is 17.8 Å². The molecule has 1 amide bonds. The minimum Gasteiger partial charge on any atom is -0.352 e. The molecule has 5 aromatic rings. The molecule has 0 bridgehead atoms. The minimum atomic E-state index is -0.0243. The van der Waals surface area contributed by atoms with Crippen LogP contribution >= 0.6 is 11.8 Å². The third kappa shape index (κ3) is 4.87. The fourth-order valence-electron chi connectivity index (χ4n) is 4.25. The zero-order valence-electron chi connectivity index (χ0n) is 20.5. The maximum Gasteiger partial charge on any atom is 0.253 e. The van der Waals surface area contributed by atoms with Gasteiger partial charge in [-0.15, -0.1) is 5.10 Å². The van der Waals surface area contributed by atoms with Crippen molar-refractivity contribution in [3.63, 3.8) is 0 Å². The first-order valence-corrected chi connectivity index (χ1v) is 13.0. The third-order valence-corrected chi connectivity index (χ3v) is 6.69. The first kappa shape index (κ1) is 23.7. The van der Waals surface area contributed by atoms with Gasteiger partial charge in [-0.1, -0.05) is 60.3 Å². The highest BCUT2D eigenvalue weighted by molar-refractivity contribution is 7.98. The normalized spacial score (nSPS) is 11.2. The van der Waals surface area contributed by atoms with Crippen molar-refractivity contribution in [1.29, 1.82) is 0 Å². The molecule has 0 saturated heterocycles. The van der Waals surface area contributed by atoms with Crippen molar-refractivity contribution in [2.45, 2.75) is 38.4 Å². The van der Waals surface area contributed by atoms with Crippen LogP contribution in [0.5, 0.6) is 0 Å². The zero-order valence-corrected chi connectivity index (χ0v) is 21.3. The summed E-state index contributed by atoms with van der Waals surface area (Å²) < 4.78 is 3.62. The lowest BCUT2D eigenvalue weighted by Crippen LogP contribution is -2.23. The van der Waals surface area contributed by atoms with Gasteiger partial charge in [-0.25, -0.2) is 14.2 Å². The molecule has 36 heavy (non-hydrogen) atoms. The quantitative estimate of drug-likeness (QED) is 0.316. The van der Waals surface area contributed by atoms with E-state index in [2.05, 4.69) is 20.4 Å². The number of fused-ring (bicyclic) bond motifs is 1. The third-order valence-electron chi connectivity index (χ3n) is 6.15. The summed E-state index contributed by atoms with van der Waals surface area (Å²) in [4.78, 5) is 21.9. The number of aromatic nitrogens is 6. The summed E-state index contributed by atoms with van der Waals surface area (Å²) >= 11 is 1.48. The van der Waals surface area contributed by atoms with Crippen LogP contribution in [0.4, 0.5) is 0 Å². The standard InChI is InChI=1S/C27H27N7OS/c1-18-23(19(2)34-26(29-18)30-27(32-34)36-3)14-15-24(35)28-16-21-17-33(22-12-8-5-9-13-22)31-25(21)20-10-6-4-7-11-20/h4-13,17H,14-16H2,1-3H3,(H,28,35). The van der Waals surface area contributed by atoms with Crippen LogP contribution < -0.4 is 5.32 Å². The fraction of sp³-hybridized carbons (Fsp3) is 0.222. The van der Waals surface area contributed by atoms with Gasteiger partial charge < -0.3 is 5.32 Å². The molecule has 0 atom stereocenters. The number of thioether (sulfide) groups is 1. The molecule has 8 nitrogen and oxygen atoms in total. The van der Waals surface area contributed by atoms with Gasteiger partial charge in [0.25, 0.3) is 5.78 Å². The van der Waals surface area contributed by atoms with E-state index >= 15 is 0 Å². The average Bonchev–Trinajstić information content (AvgIpc) is 3.53. The van der Waals surface area contributed by atoms with Gasteiger partial charge in [0, 0.05) is 41.7 Å². The molecule has 1 N–H and O–H groups in total. The summed E-state index contributed by atoms with van der Waals surface area (Å²) in [5.41, 5.74) is 6.67. The number of aryl methyl sites for hydroxylation is 2. The molecule has 182 valence electrons. The van der Waals surface area contributed by atoms with Crippen molar-refractivity contribution >= 4 is 23.4 Å². The number of para-hydroxylation sites is 1. The van der Waals surface area contributed by atoms with Crippen LogP contribution in [0, 0.1) is 13.8 Å². The molecule has 3 aromatic heterocycles. The van der Waals surface area contributed by atoms with Gasteiger partial charge >= 0.3 is 0 Å². The van der Waals surface area contributed by atoms with Gasteiger partial charge in [-0.05, 0) is 44.2 Å². The van der Waals surface area contributed by atoms with Gasteiger partial charge in [0.1, 0.15) is 0 Å². The lowest BCUT2D eigenvalue weighted by atomic mass is 10.1. The Balaban J connectivity index is 1.31. The van der Waals surface area contributed by atoms with Crippen LogP contribution in [0.2, 0.25) is 0 Å². The number of benzene rings is 2. The molecule has 0 aliphatic heterocycles. The molecule has 0 radical (unpaired) electrons. The molecule has 0 aliphatic carbocycles. The number of carbonyl (C=O) groups is 1. The van der Waals surface area contributed by atoms with Crippen molar-refractivity contribution in [2.75, 3.05) is 6.26 Å². The Labute approximate surface area is 213 Å². The van der Waals surface area contributed by atoms with Crippen molar-refractivity contribution in [3.05, 3.63) is 89.4 Å². The number of amides is 1. The average molecular weight is 498 g/mol. The van der Waals surface area contributed by atoms with E-state index in [1.807, 2.05) is 91.6 Å². The van der Waals surface area contributed by atoms with Crippen molar-refractivity contribution in [2.24, 2.45) is 0 Å². The summed E-state index contributed by atoms with van der Waals surface area (Å²) in [5, 5.41) is 13.1. The van der Waals surface area contributed by atoms with E-state index in [1.165, 1.54) is 11.8 Å². The van der Waals surface area contributed by atoms with E-state index in [4.69, 9.17) is 5.10 Å². The second kappa shape index (κ2) is 10.3. The van der Waals surface area contributed by atoms with Gasteiger partial charge in [0.2, 0.25) is 11.1 Å². The molecule has 5 rings (SSSR count). The zero-order chi connectivity index (χ0) is 25.1. The van der Waals surface area contributed by atoms with Crippen LogP contribution in [-0.4, -0.2) is 41.5 Å². The summed E-state index contributed by atoms with van der Waals surface area (Å²) in [5.74, 6) is 0.565. The first-order valence-electron chi connectivity index (χ1n) is 11.8. The van der Waals surface area contributed by atoms with Crippen LogP contribution in [0.3, 0.4) is 0 Å². The number of carbonyl (C=O) groups excluding carboxylic acids is 1. The van der Waals surface area contributed by atoms with Crippen molar-refractivity contribution < 1.29 is 4.79 Å². The second-order valence-electron chi connectivity index (χ2n) is 8.50. The van der Waals surface area contributed by atoms with E-state index in [0.29, 0.717) is 30.3 Å². The number of rotatable bonds is 8. The predicted molar refractivity (Wildman–Crippen MR) is 141 cm³/mol. The molecule has 0 unspecified atom stereocenters. The van der Waals surface area contributed by atoms with Crippen LogP contribution in [0.25, 0.3) is 22.7 Å². The highest BCUT2D eigenvalue weighted by atomic mass is 32.2. The maximum absolute atomic E-state index is 12.9. The molecule has 0 aliphatic rings. The summed E-state index contributed by atoms with van der Waals surface area (Å²) in [6.07, 6.45) is 4.86.